The molecule has 0 unspecified atom stereocenters. The van der Waals surface area contributed by atoms with Crippen molar-refractivity contribution in [3.63, 3.8) is 0 Å². The number of rotatable bonds is 4. The summed E-state index contributed by atoms with van der Waals surface area (Å²) in [6.07, 6.45) is 0. The molecule has 108 valence electrons. The third kappa shape index (κ3) is 2.75. The molecular weight excluding hydrogens is 280 g/mol. The summed E-state index contributed by atoms with van der Waals surface area (Å²) in [7, 11) is -3.73. The third-order valence-electron chi connectivity index (χ3n) is 2.76. The van der Waals surface area contributed by atoms with Crippen LogP contribution in [0.4, 0.5) is 11.5 Å². The zero-order chi connectivity index (χ0) is 14.9. The Bertz CT molecular complexity index is 714. The maximum absolute atomic E-state index is 12.4. The summed E-state index contributed by atoms with van der Waals surface area (Å²) in [6, 6.07) is 4.84. The molecule has 1 heterocycles. The van der Waals surface area contributed by atoms with Gasteiger partial charge in [-0.1, -0.05) is 5.16 Å². The smallest absolute Gasteiger partial charge is 0.263 e. The molecule has 4 N–H and O–H groups in total. The highest BCUT2D eigenvalue weighted by atomic mass is 32.2. The van der Waals surface area contributed by atoms with Gasteiger partial charge in [0.2, 0.25) is 0 Å². The highest BCUT2D eigenvalue weighted by Gasteiger charge is 2.21. The van der Waals surface area contributed by atoms with E-state index in [0.717, 1.165) is 0 Å². The van der Waals surface area contributed by atoms with Crippen molar-refractivity contribution in [2.24, 2.45) is 5.84 Å². The van der Waals surface area contributed by atoms with E-state index in [1.807, 2.05) is 0 Å². The van der Waals surface area contributed by atoms with E-state index in [2.05, 4.69) is 15.3 Å². The van der Waals surface area contributed by atoms with E-state index in [4.69, 9.17) is 10.4 Å². The molecule has 7 nitrogen and oxygen atoms in total. The number of benzene rings is 1. The van der Waals surface area contributed by atoms with Gasteiger partial charge in [0.1, 0.15) is 5.76 Å². The van der Waals surface area contributed by atoms with Gasteiger partial charge in [-0.25, -0.2) is 8.42 Å². The van der Waals surface area contributed by atoms with Crippen LogP contribution >= 0.6 is 0 Å². The van der Waals surface area contributed by atoms with Crippen LogP contribution in [0.5, 0.6) is 0 Å². The van der Waals surface area contributed by atoms with Crippen LogP contribution in [-0.2, 0) is 10.0 Å². The summed E-state index contributed by atoms with van der Waals surface area (Å²) in [5.41, 5.74) is 4.32. The lowest BCUT2D eigenvalue weighted by molar-refractivity contribution is 0.400. The largest absolute Gasteiger partial charge is 0.360 e. The second-order valence-corrected chi connectivity index (χ2v) is 6.13. The minimum atomic E-state index is -3.73. The van der Waals surface area contributed by atoms with Crippen molar-refractivity contribution in [1.29, 1.82) is 0 Å². The highest BCUT2D eigenvalue weighted by molar-refractivity contribution is 7.92. The molecule has 0 saturated carbocycles. The quantitative estimate of drug-likeness (QED) is 0.585. The maximum atomic E-state index is 12.4. The Balaban J connectivity index is 2.44. The summed E-state index contributed by atoms with van der Waals surface area (Å²) in [4.78, 5) is 0.206. The number of hydrazine groups is 1. The standard InChI is InChI=1S/C12H16N4O3S/c1-7-4-10(14-13)5-8(2)12(7)20(17,18)16-11-6-9(3)19-15-11/h4-6,14H,13H2,1-3H3,(H,15,16). The number of aryl methyl sites for hydroxylation is 3. The molecule has 2 aromatic rings. The Labute approximate surface area is 117 Å². The molecule has 8 heteroatoms. The average Bonchev–Trinajstić information content (AvgIpc) is 2.72. The fourth-order valence-electron chi connectivity index (χ4n) is 2.06. The second kappa shape index (κ2) is 5.14. The van der Waals surface area contributed by atoms with Gasteiger partial charge < -0.3 is 9.95 Å². The zero-order valence-corrected chi connectivity index (χ0v) is 12.2. The van der Waals surface area contributed by atoms with Gasteiger partial charge in [0.05, 0.1) is 4.90 Å². The van der Waals surface area contributed by atoms with E-state index >= 15 is 0 Å². The predicted molar refractivity (Wildman–Crippen MR) is 75.8 cm³/mol. The van der Waals surface area contributed by atoms with Crippen molar-refractivity contribution < 1.29 is 12.9 Å². The molecule has 0 radical (unpaired) electrons. The summed E-state index contributed by atoms with van der Waals surface area (Å²) in [5, 5.41) is 3.62. The van der Waals surface area contributed by atoms with Crippen molar-refractivity contribution in [3.8, 4) is 0 Å². The maximum Gasteiger partial charge on any atom is 0.263 e. The third-order valence-corrected chi connectivity index (χ3v) is 4.42. The molecule has 1 aromatic carbocycles. The zero-order valence-electron chi connectivity index (χ0n) is 11.4. The number of nitrogens with one attached hydrogen (secondary N) is 2. The monoisotopic (exact) mass is 296 g/mol. The van der Waals surface area contributed by atoms with Crippen molar-refractivity contribution in [3.05, 3.63) is 35.1 Å². The number of nitrogens with zero attached hydrogens (tertiary/aromatic N) is 1. The van der Waals surface area contributed by atoms with Crippen LogP contribution in [0.1, 0.15) is 16.9 Å². The molecule has 0 saturated heterocycles. The fourth-order valence-corrected chi connectivity index (χ4v) is 3.50. The second-order valence-electron chi connectivity index (χ2n) is 4.51. The normalized spacial score (nSPS) is 11.4. The summed E-state index contributed by atoms with van der Waals surface area (Å²) < 4.78 is 32.0. The first-order valence-electron chi connectivity index (χ1n) is 5.87. The number of sulfonamides is 1. The molecule has 0 bridgehead atoms. The molecule has 1 aromatic heterocycles. The van der Waals surface area contributed by atoms with Crippen LogP contribution in [0.3, 0.4) is 0 Å². The van der Waals surface area contributed by atoms with Gasteiger partial charge in [0, 0.05) is 11.8 Å². The lowest BCUT2D eigenvalue weighted by Crippen LogP contribution is -2.17. The number of hydrogen-bond acceptors (Lipinski definition) is 6. The minimum absolute atomic E-state index is 0.155. The SMILES string of the molecule is Cc1cc(NS(=O)(=O)c2c(C)cc(NN)cc2C)no1. The Morgan fingerprint density at radius 2 is 1.75 bits per heavy atom. The van der Waals surface area contributed by atoms with Gasteiger partial charge in [-0.3, -0.25) is 10.6 Å². The van der Waals surface area contributed by atoms with Crippen molar-refractivity contribution in [1.82, 2.24) is 5.16 Å². The topological polar surface area (TPSA) is 110 Å². The number of nitrogen functional groups attached to an aromatic ring is 1. The van der Waals surface area contributed by atoms with E-state index in [9.17, 15) is 8.42 Å². The van der Waals surface area contributed by atoms with Crippen molar-refractivity contribution in [2.45, 2.75) is 25.7 Å². The average molecular weight is 296 g/mol. The summed E-state index contributed by atoms with van der Waals surface area (Å²) in [6.45, 7) is 5.09. The molecule has 0 amide bonds. The van der Waals surface area contributed by atoms with Gasteiger partial charge in [-0.2, -0.15) is 0 Å². The van der Waals surface area contributed by atoms with Crippen LogP contribution in [0.15, 0.2) is 27.6 Å². The Morgan fingerprint density at radius 3 is 2.20 bits per heavy atom. The molecule has 0 spiro atoms. The lowest BCUT2D eigenvalue weighted by atomic mass is 10.1. The van der Waals surface area contributed by atoms with Gasteiger partial charge in [-0.15, -0.1) is 0 Å². The number of anilines is 2. The minimum Gasteiger partial charge on any atom is -0.360 e. The first-order chi connectivity index (χ1) is 9.33. The van der Waals surface area contributed by atoms with Gasteiger partial charge >= 0.3 is 0 Å². The number of hydrogen-bond donors (Lipinski definition) is 3. The van der Waals surface area contributed by atoms with Crippen molar-refractivity contribution in [2.75, 3.05) is 10.1 Å². The molecule has 0 atom stereocenters. The molecule has 0 fully saturated rings. The van der Waals surface area contributed by atoms with Gasteiger partial charge in [-0.05, 0) is 44.0 Å². The molecule has 0 aliphatic carbocycles. The Morgan fingerprint density at radius 1 is 1.15 bits per heavy atom. The van der Waals surface area contributed by atoms with E-state index in [1.165, 1.54) is 6.07 Å². The van der Waals surface area contributed by atoms with Crippen LogP contribution in [-0.4, -0.2) is 13.6 Å². The molecule has 0 aliphatic heterocycles. The van der Waals surface area contributed by atoms with Crippen LogP contribution in [0, 0.1) is 20.8 Å². The fraction of sp³-hybridized carbons (Fsp3) is 0.250. The molecule has 0 aliphatic rings. The summed E-state index contributed by atoms with van der Waals surface area (Å²) >= 11 is 0. The van der Waals surface area contributed by atoms with E-state index in [0.29, 0.717) is 22.6 Å². The number of aromatic nitrogens is 1. The predicted octanol–water partition coefficient (Wildman–Crippen LogP) is 1.69. The van der Waals surface area contributed by atoms with Crippen LogP contribution in [0.25, 0.3) is 0 Å². The molecule has 2 rings (SSSR count). The Kier molecular flexibility index (Phi) is 3.69. The van der Waals surface area contributed by atoms with Gasteiger partial charge in [0.15, 0.2) is 5.82 Å². The van der Waals surface area contributed by atoms with Crippen molar-refractivity contribution >= 4 is 21.5 Å². The van der Waals surface area contributed by atoms with Gasteiger partial charge in [0.25, 0.3) is 10.0 Å². The van der Waals surface area contributed by atoms with E-state index < -0.39 is 10.0 Å². The van der Waals surface area contributed by atoms with Crippen LogP contribution in [0.2, 0.25) is 0 Å². The highest BCUT2D eigenvalue weighted by Crippen LogP contribution is 2.26. The molecule has 20 heavy (non-hydrogen) atoms. The van der Waals surface area contributed by atoms with Crippen LogP contribution < -0.4 is 16.0 Å². The first kappa shape index (κ1) is 14.4. The van der Waals surface area contributed by atoms with E-state index in [-0.39, 0.29) is 10.7 Å². The van der Waals surface area contributed by atoms with E-state index in [1.54, 1.807) is 32.9 Å². The Hall–Kier alpha value is -2.06. The summed E-state index contributed by atoms with van der Waals surface area (Å²) in [5.74, 6) is 6.02. The molecular formula is C12H16N4O3S. The number of nitrogens with two attached hydrogens (primary N) is 1. The lowest BCUT2D eigenvalue weighted by Gasteiger charge is -2.13. The first-order valence-corrected chi connectivity index (χ1v) is 7.36.